The van der Waals surface area contributed by atoms with Crippen molar-refractivity contribution in [1.82, 2.24) is 0 Å². The summed E-state index contributed by atoms with van der Waals surface area (Å²) in [6.07, 6.45) is 31.2. The topological polar surface area (TPSA) is 55.8 Å². The molecule has 0 saturated heterocycles. The Bertz CT molecular complexity index is 426. The van der Waals surface area contributed by atoms with Crippen LogP contribution < -0.4 is 0 Å². The molecule has 1 atom stereocenters. The molecule has 0 bridgehead atoms. The molecule has 1 N–H and O–H groups in total. The van der Waals surface area contributed by atoms with Gasteiger partial charge in [-0.25, -0.2) is 0 Å². The van der Waals surface area contributed by atoms with Crippen molar-refractivity contribution in [2.24, 2.45) is 0 Å². The molecule has 0 amide bonds. The molecule has 0 aromatic carbocycles. The maximum atomic E-state index is 12.1. The Labute approximate surface area is 225 Å². The van der Waals surface area contributed by atoms with Gasteiger partial charge in [-0.3, -0.25) is 4.79 Å². The Kier molecular flexibility index (Phi) is 30.1. The van der Waals surface area contributed by atoms with Gasteiger partial charge in [-0.1, -0.05) is 155 Å². The number of esters is 1. The van der Waals surface area contributed by atoms with Crippen molar-refractivity contribution in [3.05, 3.63) is 0 Å². The monoisotopic (exact) mass is 512 g/mol. The highest BCUT2D eigenvalue weighted by Gasteiger charge is 2.13. The lowest BCUT2D eigenvalue weighted by Crippen LogP contribution is -2.27. The number of carbonyl (C=O) groups is 1. The van der Waals surface area contributed by atoms with Crippen LogP contribution in [0.15, 0.2) is 0 Å². The first-order chi connectivity index (χ1) is 17.7. The Hall–Kier alpha value is -0.610. The van der Waals surface area contributed by atoms with E-state index in [-0.39, 0.29) is 12.6 Å². The fourth-order valence-electron chi connectivity index (χ4n) is 4.74. The van der Waals surface area contributed by atoms with E-state index in [4.69, 9.17) is 9.47 Å². The van der Waals surface area contributed by atoms with Crippen molar-refractivity contribution in [1.29, 1.82) is 0 Å². The standard InChI is InChI=1S/C32H64O4/c1-3-5-7-9-11-13-15-16-17-19-21-23-25-27-32(34)36-31(29-33)30-35-28-26-24-22-20-18-14-12-10-8-6-4-2/h31,33H,3-30H2,1-2H3. The van der Waals surface area contributed by atoms with Crippen LogP contribution in [0.25, 0.3) is 0 Å². The van der Waals surface area contributed by atoms with Crippen LogP contribution >= 0.6 is 0 Å². The normalized spacial score (nSPS) is 12.2. The van der Waals surface area contributed by atoms with Gasteiger partial charge in [-0.15, -0.1) is 0 Å². The highest BCUT2D eigenvalue weighted by Crippen LogP contribution is 2.14. The molecular weight excluding hydrogens is 448 g/mol. The van der Waals surface area contributed by atoms with E-state index in [0.717, 1.165) is 19.3 Å². The largest absolute Gasteiger partial charge is 0.457 e. The van der Waals surface area contributed by atoms with Gasteiger partial charge in [-0.2, -0.15) is 0 Å². The summed E-state index contributed by atoms with van der Waals surface area (Å²) in [4.78, 5) is 12.1. The Balaban J connectivity index is 3.41. The van der Waals surface area contributed by atoms with Gasteiger partial charge in [0.05, 0.1) is 13.2 Å². The number of rotatable bonds is 30. The predicted molar refractivity (Wildman–Crippen MR) is 155 cm³/mol. The van der Waals surface area contributed by atoms with Crippen LogP contribution in [0.4, 0.5) is 0 Å². The van der Waals surface area contributed by atoms with Crippen LogP contribution in [0.5, 0.6) is 0 Å². The average Bonchev–Trinajstić information content (AvgIpc) is 2.88. The first-order valence-corrected chi connectivity index (χ1v) is 16.1. The number of aliphatic hydroxyl groups excluding tert-OH is 1. The first-order valence-electron chi connectivity index (χ1n) is 16.1. The summed E-state index contributed by atoms with van der Waals surface area (Å²) in [7, 11) is 0. The molecule has 0 saturated carbocycles. The van der Waals surface area contributed by atoms with Crippen LogP contribution in [-0.4, -0.2) is 37.0 Å². The van der Waals surface area contributed by atoms with E-state index in [9.17, 15) is 9.90 Å². The number of hydrogen-bond acceptors (Lipinski definition) is 4. The highest BCUT2D eigenvalue weighted by molar-refractivity contribution is 5.69. The molecule has 216 valence electrons. The Morgan fingerprint density at radius 3 is 1.31 bits per heavy atom. The third-order valence-corrected chi connectivity index (χ3v) is 7.18. The molecule has 0 spiro atoms. The van der Waals surface area contributed by atoms with Gasteiger partial charge < -0.3 is 14.6 Å². The molecule has 0 fully saturated rings. The maximum absolute atomic E-state index is 12.1. The van der Waals surface area contributed by atoms with Gasteiger partial charge in [0.2, 0.25) is 0 Å². The summed E-state index contributed by atoms with van der Waals surface area (Å²) < 4.78 is 11.1. The average molecular weight is 513 g/mol. The van der Waals surface area contributed by atoms with Gasteiger partial charge >= 0.3 is 5.97 Å². The first kappa shape index (κ1) is 35.4. The zero-order valence-corrected chi connectivity index (χ0v) is 24.5. The summed E-state index contributed by atoms with van der Waals surface area (Å²) in [5.74, 6) is -0.199. The van der Waals surface area contributed by atoms with E-state index in [1.54, 1.807) is 0 Å². The zero-order valence-electron chi connectivity index (χ0n) is 24.5. The summed E-state index contributed by atoms with van der Waals surface area (Å²) >= 11 is 0. The van der Waals surface area contributed by atoms with E-state index >= 15 is 0 Å². The molecule has 0 rings (SSSR count). The minimum Gasteiger partial charge on any atom is -0.457 e. The SMILES string of the molecule is CCCCCCCCCCCCCCCC(=O)OC(CO)COCCCCCCCCCCCCC. The van der Waals surface area contributed by atoms with Crippen LogP contribution in [0.1, 0.15) is 174 Å². The van der Waals surface area contributed by atoms with Crippen molar-refractivity contribution in [3.63, 3.8) is 0 Å². The van der Waals surface area contributed by atoms with Gasteiger partial charge in [-0.05, 0) is 12.8 Å². The van der Waals surface area contributed by atoms with E-state index in [1.807, 2.05) is 0 Å². The lowest BCUT2D eigenvalue weighted by molar-refractivity contribution is -0.154. The third kappa shape index (κ3) is 28.0. The fraction of sp³-hybridized carbons (Fsp3) is 0.969. The zero-order chi connectivity index (χ0) is 26.4. The number of hydrogen-bond donors (Lipinski definition) is 1. The lowest BCUT2D eigenvalue weighted by atomic mass is 10.0. The highest BCUT2D eigenvalue weighted by atomic mass is 16.6. The van der Waals surface area contributed by atoms with Crippen molar-refractivity contribution in [2.75, 3.05) is 19.8 Å². The van der Waals surface area contributed by atoms with Crippen molar-refractivity contribution in [3.8, 4) is 0 Å². The van der Waals surface area contributed by atoms with Gasteiger partial charge in [0, 0.05) is 13.0 Å². The molecule has 0 radical (unpaired) electrons. The quantitative estimate of drug-likeness (QED) is 0.0768. The summed E-state index contributed by atoms with van der Waals surface area (Å²) in [5.41, 5.74) is 0. The van der Waals surface area contributed by atoms with E-state index in [2.05, 4.69) is 13.8 Å². The molecule has 0 aliphatic carbocycles. The third-order valence-electron chi connectivity index (χ3n) is 7.18. The molecule has 4 nitrogen and oxygen atoms in total. The van der Waals surface area contributed by atoms with Crippen molar-refractivity contribution in [2.45, 2.75) is 180 Å². The molecule has 0 aromatic rings. The van der Waals surface area contributed by atoms with E-state index in [0.29, 0.717) is 19.6 Å². The molecular formula is C32H64O4. The van der Waals surface area contributed by atoms with Crippen LogP contribution in [0.3, 0.4) is 0 Å². The van der Waals surface area contributed by atoms with Gasteiger partial charge in [0.1, 0.15) is 6.10 Å². The molecule has 0 aromatic heterocycles. The second kappa shape index (κ2) is 30.6. The number of aliphatic hydroxyl groups is 1. The number of ether oxygens (including phenoxy) is 2. The lowest BCUT2D eigenvalue weighted by Gasteiger charge is -2.16. The fourth-order valence-corrected chi connectivity index (χ4v) is 4.74. The van der Waals surface area contributed by atoms with E-state index in [1.165, 1.54) is 135 Å². The Morgan fingerprint density at radius 2 is 0.917 bits per heavy atom. The minimum absolute atomic E-state index is 0.164. The van der Waals surface area contributed by atoms with Gasteiger partial charge in [0.25, 0.3) is 0 Å². The maximum Gasteiger partial charge on any atom is 0.306 e. The van der Waals surface area contributed by atoms with Crippen LogP contribution in [0, 0.1) is 0 Å². The van der Waals surface area contributed by atoms with Gasteiger partial charge in [0.15, 0.2) is 0 Å². The van der Waals surface area contributed by atoms with Crippen molar-refractivity contribution < 1.29 is 19.4 Å². The minimum atomic E-state index is -0.521. The summed E-state index contributed by atoms with van der Waals surface area (Å²) in [6.45, 7) is 5.36. The molecule has 1 unspecified atom stereocenters. The number of unbranched alkanes of at least 4 members (excludes halogenated alkanes) is 22. The molecule has 0 aliphatic heterocycles. The van der Waals surface area contributed by atoms with Crippen LogP contribution in [0.2, 0.25) is 0 Å². The second-order valence-corrected chi connectivity index (χ2v) is 10.9. The second-order valence-electron chi connectivity index (χ2n) is 10.9. The predicted octanol–water partition coefficient (Wildman–Crippen LogP) is 9.70. The summed E-state index contributed by atoms with van der Waals surface area (Å²) in [6, 6.07) is 0. The Morgan fingerprint density at radius 1 is 0.556 bits per heavy atom. The molecule has 36 heavy (non-hydrogen) atoms. The van der Waals surface area contributed by atoms with E-state index < -0.39 is 6.10 Å². The molecule has 0 aliphatic rings. The number of carbonyl (C=O) groups excluding carboxylic acids is 1. The van der Waals surface area contributed by atoms with Crippen molar-refractivity contribution >= 4 is 5.97 Å². The van der Waals surface area contributed by atoms with Crippen LogP contribution in [-0.2, 0) is 14.3 Å². The smallest absolute Gasteiger partial charge is 0.306 e. The summed E-state index contributed by atoms with van der Waals surface area (Å²) in [5, 5.41) is 9.49. The molecule has 0 heterocycles. The molecule has 4 heteroatoms.